The van der Waals surface area contributed by atoms with E-state index < -0.39 is 0 Å². The van der Waals surface area contributed by atoms with Crippen molar-refractivity contribution in [3.8, 4) is 0 Å². The predicted molar refractivity (Wildman–Crippen MR) is 203 cm³/mol. The number of morpholine rings is 1. The minimum Gasteiger partial charge on any atom is -0.363 e. The Morgan fingerprint density at radius 2 is 1.59 bits per heavy atom. The van der Waals surface area contributed by atoms with Crippen LogP contribution in [-0.4, -0.2) is 58.3 Å². The summed E-state index contributed by atoms with van der Waals surface area (Å²) in [6, 6.07) is 6.38. The van der Waals surface area contributed by atoms with Gasteiger partial charge in [0.1, 0.15) is 6.61 Å². The Balaban J connectivity index is 0.000000266. The maximum atomic E-state index is 13.3. The van der Waals surface area contributed by atoms with Gasteiger partial charge in [-0.2, -0.15) is 5.10 Å². The number of nitrogens with zero attached hydrogens (tertiary/aromatic N) is 3. The maximum absolute atomic E-state index is 13.3. The molecule has 274 valence electrons. The smallest absolute Gasteiger partial charge is 0.274 e. The standard InChI is InChI=1S/C22H30N4O3.C9H12.C7H16.C4H10/c1-15(16-4-2-5-16)12-26-18-7-3-6-17(18)20(24-26)21(28)25-10-8-22(9-11-25)14-23-19(27)13-29-22;1-7-5-4-6-8(2)9(7)3;1-4-5-6-7(2)3;1-3-4-2/h2-14H2,1H3,(H,23,27);4-6H,1-3H3;7H,4-6H2,1-3H3;3-4H2,1-2H3. The Kier molecular flexibility index (Phi) is 16.6. The van der Waals surface area contributed by atoms with Gasteiger partial charge in [-0.25, -0.2) is 0 Å². The molecule has 1 aromatic heterocycles. The molecule has 1 aromatic carbocycles. The molecule has 3 fully saturated rings. The third-order valence-electron chi connectivity index (χ3n) is 10.7. The first-order chi connectivity index (χ1) is 23.4. The SMILES string of the molecule is CC(Cn1nc(C(=O)N2CCC3(CC2)CNC(=O)CO3)c2c1CCC2)=C1CCC1.CCCC.CCCCC(C)C.Cc1cccc(C)c1C. The largest absolute Gasteiger partial charge is 0.363 e. The van der Waals surface area contributed by atoms with Gasteiger partial charge in [0.25, 0.3) is 5.91 Å². The van der Waals surface area contributed by atoms with E-state index in [9.17, 15) is 9.59 Å². The fourth-order valence-electron chi connectivity index (χ4n) is 6.61. The Hall–Kier alpha value is -2.93. The third-order valence-corrected chi connectivity index (χ3v) is 10.7. The summed E-state index contributed by atoms with van der Waals surface area (Å²) in [5.41, 5.74) is 9.96. The van der Waals surface area contributed by atoms with Crippen LogP contribution in [0.15, 0.2) is 29.3 Å². The molecule has 6 rings (SSSR count). The van der Waals surface area contributed by atoms with Crippen LogP contribution in [0, 0.1) is 26.7 Å². The number of allylic oxidation sites excluding steroid dienone is 2. The van der Waals surface area contributed by atoms with Crippen molar-refractivity contribution < 1.29 is 14.3 Å². The maximum Gasteiger partial charge on any atom is 0.274 e. The number of rotatable bonds is 7. The average molecular weight is 677 g/mol. The summed E-state index contributed by atoms with van der Waals surface area (Å²) in [6.07, 6.45) is 15.1. The fourth-order valence-corrected chi connectivity index (χ4v) is 6.61. The molecule has 3 heterocycles. The van der Waals surface area contributed by atoms with Crippen LogP contribution < -0.4 is 5.32 Å². The van der Waals surface area contributed by atoms with E-state index in [0.29, 0.717) is 25.3 Å². The summed E-state index contributed by atoms with van der Waals surface area (Å²) >= 11 is 0. The number of carbonyl (C=O) groups is 2. The summed E-state index contributed by atoms with van der Waals surface area (Å²) in [4.78, 5) is 26.6. The van der Waals surface area contributed by atoms with Crippen LogP contribution in [-0.2, 0) is 28.9 Å². The summed E-state index contributed by atoms with van der Waals surface area (Å²) < 4.78 is 7.94. The summed E-state index contributed by atoms with van der Waals surface area (Å²) in [5.74, 6) is 0.910. The Labute approximate surface area is 298 Å². The number of carbonyl (C=O) groups excluding carboxylic acids is 2. The molecule has 2 saturated heterocycles. The summed E-state index contributed by atoms with van der Waals surface area (Å²) in [7, 11) is 0. The lowest BCUT2D eigenvalue weighted by molar-refractivity contribution is -0.149. The molecule has 0 unspecified atom stereocenters. The number of aryl methyl sites for hydroxylation is 2. The lowest BCUT2D eigenvalue weighted by Crippen LogP contribution is -2.58. The topological polar surface area (TPSA) is 76.5 Å². The second kappa shape index (κ2) is 20.1. The molecule has 4 aliphatic rings. The molecule has 1 N–H and O–H groups in total. The highest BCUT2D eigenvalue weighted by Gasteiger charge is 2.41. The molecule has 1 saturated carbocycles. The Morgan fingerprint density at radius 1 is 0.959 bits per heavy atom. The normalized spacial score (nSPS) is 17.5. The van der Waals surface area contributed by atoms with Crippen LogP contribution in [0.3, 0.4) is 0 Å². The van der Waals surface area contributed by atoms with Gasteiger partial charge in [-0.1, -0.05) is 96.1 Å². The number of nitrogens with one attached hydrogen (secondary N) is 1. The zero-order chi connectivity index (χ0) is 36.0. The second-order valence-electron chi connectivity index (χ2n) is 15.1. The van der Waals surface area contributed by atoms with Crippen LogP contribution in [0.25, 0.3) is 0 Å². The molecular weight excluding hydrogens is 608 g/mol. The molecule has 0 bridgehead atoms. The Morgan fingerprint density at radius 3 is 2.06 bits per heavy atom. The molecular formula is C42H68N4O3. The van der Waals surface area contributed by atoms with E-state index in [1.54, 1.807) is 5.57 Å². The first-order valence-electron chi connectivity index (χ1n) is 19.4. The van der Waals surface area contributed by atoms with Gasteiger partial charge in [0.2, 0.25) is 5.91 Å². The average Bonchev–Trinajstić information content (AvgIpc) is 3.68. The van der Waals surface area contributed by atoms with Crippen molar-refractivity contribution in [2.45, 2.75) is 158 Å². The van der Waals surface area contributed by atoms with Crippen molar-refractivity contribution >= 4 is 11.8 Å². The molecule has 2 aromatic rings. The summed E-state index contributed by atoms with van der Waals surface area (Å²) in [6.45, 7) is 22.6. The van der Waals surface area contributed by atoms with Gasteiger partial charge in [0, 0.05) is 30.9 Å². The van der Waals surface area contributed by atoms with E-state index in [1.165, 1.54) is 84.9 Å². The zero-order valence-electron chi connectivity index (χ0n) is 32.6. The monoisotopic (exact) mass is 677 g/mol. The lowest BCUT2D eigenvalue weighted by atomic mass is 9.88. The highest BCUT2D eigenvalue weighted by atomic mass is 16.5. The van der Waals surface area contributed by atoms with Crippen molar-refractivity contribution in [3.05, 3.63) is 63.0 Å². The number of unbranched alkanes of at least 4 members (excludes halogenated alkanes) is 2. The number of aromatic nitrogens is 2. The van der Waals surface area contributed by atoms with E-state index in [4.69, 9.17) is 9.84 Å². The number of amides is 2. The van der Waals surface area contributed by atoms with Crippen LogP contribution >= 0.6 is 0 Å². The highest BCUT2D eigenvalue weighted by Crippen LogP contribution is 2.33. The van der Waals surface area contributed by atoms with Crippen molar-refractivity contribution in [2.75, 3.05) is 26.2 Å². The van der Waals surface area contributed by atoms with Gasteiger partial charge in [-0.3, -0.25) is 14.3 Å². The third kappa shape index (κ3) is 11.8. The Bertz CT molecular complexity index is 1340. The van der Waals surface area contributed by atoms with Gasteiger partial charge < -0.3 is 15.0 Å². The zero-order valence-corrected chi connectivity index (χ0v) is 32.6. The van der Waals surface area contributed by atoms with Crippen LogP contribution in [0.2, 0.25) is 0 Å². The van der Waals surface area contributed by atoms with E-state index in [2.05, 4.69) is 90.5 Å². The number of hydrogen-bond donors (Lipinski definition) is 1. The predicted octanol–water partition coefficient (Wildman–Crippen LogP) is 9.24. The molecule has 1 spiro atoms. The molecule has 0 radical (unpaired) electrons. The molecule has 2 aliphatic carbocycles. The van der Waals surface area contributed by atoms with Crippen molar-refractivity contribution in [3.63, 3.8) is 0 Å². The minimum absolute atomic E-state index is 0.0533. The second-order valence-corrected chi connectivity index (χ2v) is 15.1. The number of fused-ring (bicyclic) bond motifs is 1. The van der Waals surface area contributed by atoms with Crippen molar-refractivity contribution in [2.24, 2.45) is 5.92 Å². The van der Waals surface area contributed by atoms with Gasteiger partial charge >= 0.3 is 0 Å². The lowest BCUT2D eigenvalue weighted by Gasteiger charge is -2.43. The quantitative estimate of drug-likeness (QED) is 0.297. The summed E-state index contributed by atoms with van der Waals surface area (Å²) in [5, 5.41) is 7.71. The first-order valence-corrected chi connectivity index (χ1v) is 19.4. The van der Waals surface area contributed by atoms with E-state index >= 15 is 0 Å². The van der Waals surface area contributed by atoms with Gasteiger partial charge in [0.05, 0.1) is 12.1 Å². The molecule has 7 nitrogen and oxygen atoms in total. The molecule has 2 amide bonds. The van der Waals surface area contributed by atoms with Gasteiger partial charge in [-0.15, -0.1) is 0 Å². The number of ether oxygens (including phenoxy) is 1. The number of likely N-dealkylation sites (tertiary alicyclic amines) is 1. The minimum atomic E-state index is -0.307. The number of hydrogen-bond acceptors (Lipinski definition) is 4. The molecule has 49 heavy (non-hydrogen) atoms. The van der Waals surface area contributed by atoms with E-state index in [1.807, 2.05) is 4.90 Å². The first kappa shape index (κ1) is 40.5. The van der Waals surface area contributed by atoms with Crippen LogP contribution in [0.1, 0.15) is 151 Å². The van der Waals surface area contributed by atoms with Crippen molar-refractivity contribution in [1.82, 2.24) is 20.0 Å². The van der Waals surface area contributed by atoms with Crippen LogP contribution in [0.4, 0.5) is 0 Å². The van der Waals surface area contributed by atoms with E-state index in [0.717, 1.165) is 44.6 Å². The number of piperidine rings is 1. The number of benzene rings is 1. The molecule has 7 heteroatoms. The highest BCUT2D eigenvalue weighted by molar-refractivity contribution is 5.94. The fraction of sp³-hybridized carbons (Fsp3) is 0.690. The molecule has 0 atom stereocenters. The van der Waals surface area contributed by atoms with Gasteiger partial charge in [-0.05, 0) is 102 Å². The molecule has 2 aliphatic heterocycles. The van der Waals surface area contributed by atoms with E-state index in [-0.39, 0.29) is 24.0 Å². The van der Waals surface area contributed by atoms with Crippen LogP contribution in [0.5, 0.6) is 0 Å². The van der Waals surface area contributed by atoms with Crippen molar-refractivity contribution in [1.29, 1.82) is 0 Å². The van der Waals surface area contributed by atoms with Gasteiger partial charge in [0.15, 0.2) is 5.69 Å².